The maximum atomic E-state index is 9.42. The highest BCUT2D eigenvalue weighted by Gasteiger charge is 2.09. The van der Waals surface area contributed by atoms with E-state index in [-0.39, 0.29) is 0 Å². The molecule has 0 aliphatic carbocycles. The van der Waals surface area contributed by atoms with Crippen LogP contribution in [0.2, 0.25) is 5.02 Å². The first kappa shape index (κ1) is 12.3. The topological polar surface area (TPSA) is 23.5 Å². The molecule has 1 rings (SSSR count). The zero-order valence-electron chi connectivity index (χ0n) is 9.50. The van der Waals surface area contributed by atoms with Gasteiger partial charge in [-0.25, -0.2) is 0 Å². The fourth-order valence-electron chi connectivity index (χ4n) is 1.60. The summed E-state index contributed by atoms with van der Waals surface area (Å²) in [4.78, 5) is 2.19. The van der Waals surface area contributed by atoms with Gasteiger partial charge in [0.25, 0.3) is 0 Å². The quantitative estimate of drug-likeness (QED) is 0.854. The number of hydrogen-bond acceptors (Lipinski definition) is 2. The summed E-state index contributed by atoms with van der Waals surface area (Å²) in [6.45, 7) is 7.81. The molecule has 0 bridgehead atoms. The second-order valence-electron chi connectivity index (χ2n) is 3.56. The fourth-order valence-corrected chi connectivity index (χ4v) is 1.91. The molecule has 1 atom stereocenters. The Morgan fingerprint density at radius 2 is 1.93 bits per heavy atom. The number of hydrogen-bond donors (Lipinski definition) is 1. The molecule has 0 spiro atoms. The fraction of sp³-hybridized carbons (Fsp3) is 0.500. The number of nitrogens with zero attached hydrogens (tertiary/aromatic N) is 1. The van der Waals surface area contributed by atoms with Gasteiger partial charge in [0.2, 0.25) is 0 Å². The molecule has 3 heteroatoms. The van der Waals surface area contributed by atoms with Crippen molar-refractivity contribution < 1.29 is 5.11 Å². The molecule has 0 unspecified atom stereocenters. The lowest BCUT2D eigenvalue weighted by Crippen LogP contribution is -2.22. The molecule has 0 heterocycles. The van der Waals surface area contributed by atoms with Crippen molar-refractivity contribution in [1.29, 1.82) is 0 Å². The number of rotatable bonds is 4. The van der Waals surface area contributed by atoms with Crippen LogP contribution in [0.4, 0.5) is 5.69 Å². The number of aliphatic hydroxyl groups excluding tert-OH is 1. The van der Waals surface area contributed by atoms with E-state index in [4.69, 9.17) is 11.6 Å². The average molecular weight is 228 g/mol. The van der Waals surface area contributed by atoms with Gasteiger partial charge in [-0.3, -0.25) is 0 Å². The van der Waals surface area contributed by atoms with E-state index in [1.165, 1.54) is 0 Å². The molecular formula is C12H18ClNO. The smallest absolute Gasteiger partial charge is 0.0762 e. The van der Waals surface area contributed by atoms with Crippen LogP contribution in [0.1, 0.15) is 32.4 Å². The van der Waals surface area contributed by atoms with Gasteiger partial charge in [0, 0.05) is 13.1 Å². The lowest BCUT2D eigenvalue weighted by Gasteiger charge is -2.22. The maximum Gasteiger partial charge on any atom is 0.0762 e. The van der Waals surface area contributed by atoms with E-state index in [1.54, 1.807) is 6.92 Å². The van der Waals surface area contributed by atoms with Crippen molar-refractivity contribution in [3.8, 4) is 0 Å². The van der Waals surface area contributed by atoms with E-state index < -0.39 is 6.10 Å². The van der Waals surface area contributed by atoms with Crippen molar-refractivity contribution in [2.75, 3.05) is 18.0 Å². The van der Waals surface area contributed by atoms with Gasteiger partial charge in [0.1, 0.15) is 0 Å². The molecule has 1 aromatic rings. The highest BCUT2D eigenvalue weighted by atomic mass is 35.5. The minimum Gasteiger partial charge on any atom is -0.389 e. The summed E-state index contributed by atoms with van der Waals surface area (Å²) in [6.07, 6.45) is -0.465. The summed E-state index contributed by atoms with van der Waals surface area (Å²) in [5.74, 6) is 0. The van der Waals surface area contributed by atoms with Crippen molar-refractivity contribution in [3.05, 3.63) is 28.8 Å². The standard InChI is InChI=1S/C12H18ClNO/c1-4-14(5-2)12-7-6-10(9(3)15)8-11(12)13/h6-9,15H,4-5H2,1-3H3/t9-/m0/s1. The predicted molar refractivity (Wildman–Crippen MR) is 65.6 cm³/mol. The number of halogens is 1. The van der Waals surface area contributed by atoms with E-state index in [0.29, 0.717) is 5.02 Å². The van der Waals surface area contributed by atoms with Crippen LogP contribution in [0.15, 0.2) is 18.2 Å². The lowest BCUT2D eigenvalue weighted by atomic mass is 10.1. The first-order valence-corrected chi connectivity index (χ1v) is 5.70. The van der Waals surface area contributed by atoms with E-state index in [1.807, 2.05) is 18.2 Å². The lowest BCUT2D eigenvalue weighted by molar-refractivity contribution is 0.199. The highest BCUT2D eigenvalue weighted by molar-refractivity contribution is 6.33. The normalized spacial score (nSPS) is 12.6. The summed E-state index contributed by atoms with van der Waals surface area (Å²) < 4.78 is 0. The Morgan fingerprint density at radius 1 is 1.33 bits per heavy atom. The van der Waals surface area contributed by atoms with Crippen molar-refractivity contribution in [1.82, 2.24) is 0 Å². The van der Waals surface area contributed by atoms with Crippen molar-refractivity contribution >= 4 is 17.3 Å². The summed E-state index contributed by atoms with van der Waals surface area (Å²) in [6, 6.07) is 5.72. The first-order chi connectivity index (χ1) is 7.10. The SMILES string of the molecule is CCN(CC)c1ccc([C@H](C)O)cc1Cl. The monoisotopic (exact) mass is 227 g/mol. The Kier molecular flexibility index (Phi) is 4.43. The van der Waals surface area contributed by atoms with Crippen LogP contribution in [0.3, 0.4) is 0 Å². The molecule has 84 valence electrons. The molecular weight excluding hydrogens is 210 g/mol. The Bertz CT molecular complexity index is 321. The Balaban J connectivity index is 3.02. The summed E-state index contributed by atoms with van der Waals surface area (Å²) in [5, 5.41) is 10.1. The average Bonchev–Trinajstić information content (AvgIpc) is 2.21. The van der Waals surface area contributed by atoms with Gasteiger partial charge in [0.15, 0.2) is 0 Å². The van der Waals surface area contributed by atoms with Crippen molar-refractivity contribution in [3.63, 3.8) is 0 Å². The van der Waals surface area contributed by atoms with E-state index in [9.17, 15) is 5.11 Å². The number of anilines is 1. The van der Waals surface area contributed by atoms with Gasteiger partial charge in [-0.15, -0.1) is 0 Å². The van der Waals surface area contributed by atoms with Gasteiger partial charge >= 0.3 is 0 Å². The van der Waals surface area contributed by atoms with E-state index in [0.717, 1.165) is 24.3 Å². The molecule has 0 saturated carbocycles. The van der Waals surface area contributed by atoms with Crippen LogP contribution in [-0.2, 0) is 0 Å². The molecule has 0 amide bonds. The third kappa shape index (κ3) is 2.86. The predicted octanol–water partition coefficient (Wildman–Crippen LogP) is 3.24. The molecule has 0 fully saturated rings. The van der Waals surface area contributed by atoms with Gasteiger partial charge < -0.3 is 10.0 Å². The molecule has 0 aromatic heterocycles. The van der Waals surface area contributed by atoms with Crippen LogP contribution in [0, 0.1) is 0 Å². The maximum absolute atomic E-state index is 9.42. The molecule has 0 saturated heterocycles. The van der Waals surface area contributed by atoms with Crippen molar-refractivity contribution in [2.45, 2.75) is 26.9 Å². The number of aliphatic hydroxyl groups is 1. The van der Waals surface area contributed by atoms with E-state index in [2.05, 4.69) is 18.7 Å². The second-order valence-corrected chi connectivity index (χ2v) is 3.97. The minimum atomic E-state index is -0.465. The third-order valence-electron chi connectivity index (χ3n) is 2.56. The molecule has 0 radical (unpaired) electrons. The molecule has 2 nitrogen and oxygen atoms in total. The molecule has 0 aliphatic rings. The zero-order chi connectivity index (χ0) is 11.4. The van der Waals surface area contributed by atoms with Gasteiger partial charge in [-0.1, -0.05) is 17.7 Å². The van der Waals surface area contributed by atoms with Crippen LogP contribution in [0.5, 0.6) is 0 Å². The molecule has 1 N–H and O–H groups in total. The summed E-state index contributed by atoms with van der Waals surface area (Å²) in [7, 11) is 0. The Morgan fingerprint density at radius 3 is 2.33 bits per heavy atom. The summed E-state index contributed by atoms with van der Waals surface area (Å²) in [5.41, 5.74) is 1.89. The number of benzene rings is 1. The molecule has 0 aliphatic heterocycles. The highest BCUT2D eigenvalue weighted by Crippen LogP contribution is 2.28. The third-order valence-corrected chi connectivity index (χ3v) is 2.86. The second kappa shape index (κ2) is 5.38. The van der Waals surface area contributed by atoms with Crippen LogP contribution >= 0.6 is 11.6 Å². The Hall–Kier alpha value is -0.730. The first-order valence-electron chi connectivity index (χ1n) is 5.32. The largest absolute Gasteiger partial charge is 0.389 e. The zero-order valence-corrected chi connectivity index (χ0v) is 10.3. The summed E-state index contributed by atoms with van der Waals surface area (Å²) >= 11 is 6.17. The molecule has 15 heavy (non-hydrogen) atoms. The van der Waals surface area contributed by atoms with Crippen molar-refractivity contribution in [2.24, 2.45) is 0 Å². The van der Waals surface area contributed by atoms with Crippen LogP contribution in [-0.4, -0.2) is 18.2 Å². The van der Waals surface area contributed by atoms with Gasteiger partial charge in [0.05, 0.1) is 16.8 Å². The van der Waals surface area contributed by atoms with Crippen LogP contribution < -0.4 is 4.90 Å². The minimum absolute atomic E-state index is 0.465. The molecule has 1 aromatic carbocycles. The van der Waals surface area contributed by atoms with E-state index >= 15 is 0 Å². The van der Waals surface area contributed by atoms with Crippen LogP contribution in [0.25, 0.3) is 0 Å². The van der Waals surface area contributed by atoms with Gasteiger partial charge in [-0.05, 0) is 38.5 Å². The Labute approximate surface area is 96.5 Å². The van der Waals surface area contributed by atoms with Gasteiger partial charge in [-0.2, -0.15) is 0 Å².